The smallest absolute Gasteiger partial charge is 0.339 e. The standard InChI is InChI=1S/C17H21NO3/c1-3-12-11(2)13-6-7-15(19)14(16(13)21-17(12)20)10-18-8-4-5-9-18/h6-7,19H,3-5,8-10H2,1-2H3/p+1. The van der Waals surface area contributed by atoms with Crippen molar-refractivity contribution >= 4 is 11.0 Å². The van der Waals surface area contributed by atoms with Crippen molar-refractivity contribution in [1.29, 1.82) is 0 Å². The number of rotatable bonds is 3. The molecule has 0 radical (unpaired) electrons. The molecule has 0 atom stereocenters. The van der Waals surface area contributed by atoms with E-state index in [4.69, 9.17) is 4.42 Å². The number of aryl methyl sites for hydroxylation is 1. The minimum atomic E-state index is -0.272. The molecule has 1 aliphatic rings. The Labute approximate surface area is 124 Å². The normalized spacial score (nSPS) is 15.9. The molecule has 2 heterocycles. The molecule has 1 aliphatic heterocycles. The predicted molar refractivity (Wildman–Crippen MR) is 81.9 cm³/mol. The molecule has 1 aromatic heterocycles. The zero-order valence-corrected chi connectivity index (χ0v) is 12.7. The summed E-state index contributed by atoms with van der Waals surface area (Å²) in [7, 11) is 0. The van der Waals surface area contributed by atoms with E-state index in [0.29, 0.717) is 12.0 Å². The first-order chi connectivity index (χ1) is 10.1. The summed E-state index contributed by atoms with van der Waals surface area (Å²) in [5.74, 6) is 0.230. The highest BCUT2D eigenvalue weighted by Crippen LogP contribution is 2.29. The van der Waals surface area contributed by atoms with Gasteiger partial charge in [-0.05, 0) is 31.0 Å². The quantitative estimate of drug-likeness (QED) is 0.843. The number of likely N-dealkylation sites (tertiary alicyclic amines) is 1. The summed E-state index contributed by atoms with van der Waals surface area (Å²) in [6.45, 7) is 6.87. The van der Waals surface area contributed by atoms with Crippen molar-refractivity contribution in [3.05, 3.63) is 39.2 Å². The molecule has 4 nitrogen and oxygen atoms in total. The molecule has 1 fully saturated rings. The van der Waals surface area contributed by atoms with Crippen LogP contribution >= 0.6 is 0 Å². The Balaban J connectivity index is 2.18. The Bertz CT molecular complexity index is 727. The third-order valence-corrected chi connectivity index (χ3v) is 4.62. The van der Waals surface area contributed by atoms with Gasteiger partial charge in [-0.15, -0.1) is 0 Å². The number of hydrogen-bond acceptors (Lipinski definition) is 3. The van der Waals surface area contributed by atoms with E-state index in [1.807, 2.05) is 19.9 Å². The molecular weight excluding hydrogens is 266 g/mol. The van der Waals surface area contributed by atoms with Gasteiger partial charge in [0, 0.05) is 23.8 Å². The fourth-order valence-electron chi connectivity index (χ4n) is 3.38. The SMILES string of the molecule is CCc1c(C)c2ccc(O)c(C[NH+]3CCCC3)c2oc1=O. The molecule has 0 spiro atoms. The average molecular weight is 288 g/mol. The Hall–Kier alpha value is -1.81. The largest absolute Gasteiger partial charge is 0.507 e. The van der Waals surface area contributed by atoms with Crippen molar-refractivity contribution < 1.29 is 14.4 Å². The van der Waals surface area contributed by atoms with Crippen molar-refractivity contribution in [2.24, 2.45) is 0 Å². The zero-order valence-electron chi connectivity index (χ0n) is 12.7. The van der Waals surface area contributed by atoms with Gasteiger partial charge in [-0.25, -0.2) is 4.79 Å². The van der Waals surface area contributed by atoms with Crippen molar-refractivity contribution in [1.82, 2.24) is 0 Å². The molecule has 2 aromatic rings. The molecule has 0 amide bonds. The second kappa shape index (κ2) is 5.53. The number of hydrogen-bond donors (Lipinski definition) is 2. The Morgan fingerprint density at radius 1 is 1.24 bits per heavy atom. The van der Waals surface area contributed by atoms with Gasteiger partial charge >= 0.3 is 5.63 Å². The number of quaternary nitrogens is 1. The highest BCUT2D eigenvalue weighted by Gasteiger charge is 2.22. The topological polar surface area (TPSA) is 54.9 Å². The van der Waals surface area contributed by atoms with Gasteiger partial charge in [0.05, 0.1) is 18.7 Å². The van der Waals surface area contributed by atoms with E-state index >= 15 is 0 Å². The van der Waals surface area contributed by atoms with Crippen LogP contribution < -0.4 is 10.5 Å². The number of aromatic hydroxyl groups is 1. The van der Waals surface area contributed by atoms with Crippen LogP contribution in [0.2, 0.25) is 0 Å². The summed E-state index contributed by atoms with van der Waals surface area (Å²) in [6, 6.07) is 3.57. The molecule has 3 rings (SSSR count). The lowest BCUT2D eigenvalue weighted by Crippen LogP contribution is -3.08. The third-order valence-electron chi connectivity index (χ3n) is 4.62. The Morgan fingerprint density at radius 3 is 2.62 bits per heavy atom. The summed E-state index contributed by atoms with van der Waals surface area (Å²) in [6.07, 6.45) is 3.12. The first kappa shape index (κ1) is 14.1. The maximum absolute atomic E-state index is 12.1. The molecule has 0 bridgehead atoms. The lowest BCUT2D eigenvalue weighted by atomic mass is 10.0. The van der Waals surface area contributed by atoms with Crippen molar-refractivity contribution in [3.8, 4) is 5.75 Å². The molecule has 4 heteroatoms. The molecular formula is C17H22NO3+. The molecule has 0 saturated carbocycles. The highest BCUT2D eigenvalue weighted by atomic mass is 16.4. The minimum absolute atomic E-state index is 0.230. The molecule has 1 saturated heterocycles. The molecule has 21 heavy (non-hydrogen) atoms. The molecule has 2 N–H and O–H groups in total. The van der Waals surface area contributed by atoms with Gasteiger partial charge in [0.1, 0.15) is 12.3 Å². The van der Waals surface area contributed by atoms with Gasteiger partial charge in [-0.1, -0.05) is 6.92 Å². The predicted octanol–water partition coefficient (Wildman–Crippen LogP) is 1.55. The van der Waals surface area contributed by atoms with E-state index in [2.05, 4.69) is 0 Å². The molecule has 1 aromatic carbocycles. The van der Waals surface area contributed by atoms with Gasteiger partial charge < -0.3 is 14.4 Å². The lowest BCUT2D eigenvalue weighted by Gasteiger charge is -2.15. The van der Waals surface area contributed by atoms with E-state index in [1.165, 1.54) is 17.7 Å². The van der Waals surface area contributed by atoms with E-state index in [0.717, 1.165) is 41.7 Å². The van der Waals surface area contributed by atoms with Crippen LogP contribution in [0.25, 0.3) is 11.0 Å². The van der Waals surface area contributed by atoms with E-state index in [9.17, 15) is 9.90 Å². The zero-order chi connectivity index (χ0) is 15.0. The number of nitrogens with one attached hydrogen (secondary N) is 1. The molecule has 112 valence electrons. The first-order valence-corrected chi connectivity index (χ1v) is 7.72. The summed E-state index contributed by atoms with van der Waals surface area (Å²) in [5.41, 5.74) is 2.77. The van der Waals surface area contributed by atoms with Crippen LogP contribution in [0, 0.1) is 6.92 Å². The van der Waals surface area contributed by atoms with Crippen LogP contribution in [0.3, 0.4) is 0 Å². The van der Waals surface area contributed by atoms with Gasteiger partial charge in [0.25, 0.3) is 0 Å². The number of phenols is 1. The molecule has 0 unspecified atom stereocenters. The minimum Gasteiger partial charge on any atom is -0.507 e. The van der Waals surface area contributed by atoms with Crippen LogP contribution in [0.15, 0.2) is 21.3 Å². The maximum atomic E-state index is 12.1. The third kappa shape index (κ3) is 2.44. The first-order valence-electron chi connectivity index (χ1n) is 7.72. The second-order valence-corrected chi connectivity index (χ2v) is 5.92. The lowest BCUT2D eigenvalue weighted by molar-refractivity contribution is -0.901. The summed E-state index contributed by atoms with van der Waals surface area (Å²) >= 11 is 0. The number of benzene rings is 1. The Kier molecular flexibility index (Phi) is 3.72. The summed E-state index contributed by atoms with van der Waals surface area (Å²) in [5, 5.41) is 11.1. The van der Waals surface area contributed by atoms with Gasteiger partial charge in [0.2, 0.25) is 0 Å². The van der Waals surface area contributed by atoms with E-state index in [-0.39, 0.29) is 11.4 Å². The fraction of sp³-hybridized carbons (Fsp3) is 0.471. The van der Waals surface area contributed by atoms with Gasteiger partial charge in [-0.3, -0.25) is 0 Å². The summed E-state index contributed by atoms with van der Waals surface area (Å²) < 4.78 is 5.56. The van der Waals surface area contributed by atoms with Crippen LogP contribution in [-0.4, -0.2) is 18.2 Å². The van der Waals surface area contributed by atoms with Gasteiger partial charge in [0.15, 0.2) is 5.58 Å². The summed E-state index contributed by atoms with van der Waals surface area (Å²) in [4.78, 5) is 13.6. The van der Waals surface area contributed by atoms with Crippen LogP contribution in [-0.2, 0) is 13.0 Å². The van der Waals surface area contributed by atoms with Crippen molar-refractivity contribution in [3.63, 3.8) is 0 Å². The highest BCUT2D eigenvalue weighted by molar-refractivity contribution is 5.85. The van der Waals surface area contributed by atoms with Crippen LogP contribution in [0.4, 0.5) is 0 Å². The fourth-order valence-corrected chi connectivity index (χ4v) is 3.38. The second-order valence-electron chi connectivity index (χ2n) is 5.92. The number of phenolic OH excluding ortho intramolecular Hbond substituents is 1. The monoisotopic (exact) mass is 288 g/mol. The van der Waals surface area contributed by atoms with Gasteiger partial charge in [-0.2, -0.15) is 0 Å². The van der Waals surface area contributed by atoms with Crippen LogP contribution in [0.5, 0.6) is 5.75 Å². The number of fused-ring (bicyclic) bond motifs is 1. The van der Waals surface area contributed by atoms with Crippen molar-refractivity contribution in [2.45, 2.75) is 39.7 Å². The van der Waals surface area contributed by atoms with Crippen molar-refractivity contribution in [2.75, 3.05) is 13.1 Å². The van der Waals surface area contributed by atoms with Crippen LogP contribution in [0.1, 0.15) is 36.5 Å². The van der Waals surface area contributed by atoms with E-state index in [1.54, 1.807) is 6.07 Å². The van der Waals surface area contributed by atoms with E-state index < -0.39 is 0 Å². The Morgan fingerprint density at radius 2 is 1.95 bits per heavy atom. The maximum Gasteiger partial charge on any atom is 0.339 e. The average Bonchev–Trinajstić information content (AvgIpc) is 2.95. The molecule has 0 aliphatic carbocycles.